The molecule has 0 saturated heterocycles. The smallest absolute Gasteiger partial charge is 0.259 e. The molecule has 2 N–H and O–H groups in total. The van der Waals surface area contributed by atoms with Gasteiger partial charge in [0.15, 0.2) is 0 Å². The van der Waals surface area contributed by atoms with Gasteiger partial charge in [0.05, 0.1) is 12.7 Å². The molecule has 0 saturated carbocycles. The first-order valence-corrected chi connectivity index (χ1v) is 8.29. The van der Waals surface area contributed by atoms with Crippen molar-refractivity contribution in [1.29, 1.82) is 0 Å². The molecule has 0 aliphatic heterocycles. The summed E-state index contributed by atoms with van der Waals surface area (Å²) in [4.78, 5) is 23.9. The molecule has 0 spiro atoms. The summed E-state index contributed by atoms with van der Waals surface area (Å²) in [5.41, 5.74) is 2.65. The number of halogens is 1. The minimum Gasteiger partial charge on any atom is -0.496 e. The molecule has 6 heteroatoms. The summed E-state index contributed by atoms with van der Waals surface area (Å²) in [7, 11) is 1.54. The minimum atomic E-state index is -0.262. The van der Waals surface area contributed by atoms with Crippen molar-refractivity contribution >= 4 is 39.1 Å². The lowest BCUT2D eigenvalue weighted by atomic mass is 10.1. The predicted octanol–water partition coefficient (Wildman–Crippen LogP) is 4.37. The maximum Gasteiger partial charge on any atom is 0.259 e. The van der Waals surface area contributed by atoms with Crippen LogP contribution in [0.2, 0.25) is 0 Å². The van der Waals surface area contributed by atoms with Crippen molar-refractivity contribution in [3.8, 4) is 5.75 Å². The first-order valence-electron chi connectivity index (χ1n) is 7.50. The Kier molecular flexibility index (Phi) is 5.98. The zero-order valence-electron chi connectivity index (χ0n) is 13.8. The highest BCUT2D eigenvalue weighted by Crippen LogP contribution is 2.28. The third-order valence-corrected chi connectivity index (χ3v) is 3.89. The van der Waals surface area contributed by atoms with E-state index in [-0.39, 0.29) is 11.8 Å². The van der Waals surface area contributed by atoms with Crippen molar-refractivity contribution in [2.24, 2.45) is 0 Å². The molecular weight excluding hydrogens is 372 g/mol. The topological polar surface area (TPSA) is 67.4 Å². The lowest BCUT2D eigenvalue weighted by Gasteiger charge is -2.13. The zero-order chi connectivity index (χ0) is 17.7. The number of aryl methyl sites for hydroxylation is 1. The van der Waals surface area contributed by atoms with E-state index >= 15 is 0 Å². The van der Waals surface area contributed by atoms with Crippen LogP contribution in [0.3, 0.4) is 0 Å². The minimum absolute atomic E-state index is 0.0545. The molecule has 0 fully saturated rings. The molecule has 126 valence electrons. The molecule has 0 radical (unpaired) electrons. The fourth-order valence-corrected chi connectivity index (χ4v) is 2.83. The van der Waals surface area contributed by atoms with Crippen LogP contribution in [-0.2, 0) is 4.79 Å². The van der Waals surface area contributed by atoms with Crippen molar-refractivity contribution in [3.63, 3.8) is 0 Å². The molecular formula is C18H19BrN2O3. The molecule has 0 aliphatic rings. The quantitative estimate of drug-likeness (QED) is 0.796. The highest BCUT2D eigenvalue weighted by Gasteiger charge is 2.15. The summed E-state index contributed by atoms with van der Waals surface area (Å²) in [5, 5.41) is 5.59. The Bertz CT molecular complexity index is 758. The van der Waals surface area contributed by atoms with Gasteiger partial charge in [-0.05, 0) is 48.9 Å². The van der Waals surface area contributed by atoms with Crippen LogP contribution in [0.15, 0.2) is 40.9 Å². The van der Waals surface area contributed by atoms with Gasteiger partial charge in [-0.1, -0.05) is 22.9 Å². The van der Waals surface area contributed by atoms with Crippen LogP contribution in [0.5, 0.6) is 5.75 Å². The summed E-state index contributed by atoms with van der Waals surface area (Å²) in [5.74, 6) is 0.227. The third kappa shape index (κ3) is 4.35. The lowest BCUT2D eigenvalue weighted by molar-refractivity contribution is -0.115. The number of methoxy groups -OCH3 is 1. The first kappa shape index (κ1) is 18.0. The molecule has 0 aliphatic carbocycles. The molecule has 0 heterocycles. The van der Waals surface area contributed by atoms with Crippen LogP contribution in [0.4, 0.5) is 11.4 Å². The summed E-state index contributed by atoms with van der Waals surface area (Å²) < 4.78 is 6.14. The van der Waals surface area contributed by atoms with E-state index in [0.29, 0.717) is 29.1 Å². The van der Waals surface area contributed by atoms with E-state index in [0.717, 1.165) is 10.0 Å². The van der Waals surface area contributed by atoms with E-state index in [1.54, 1.807) is 37.3 Å². The van der Waals surface area contributed by atoms with Gasteiger partial charge < -0.3 is 15.4 Å². The fraction of sp³-hybridized carbons (Fsp3) is 0.222. The van der Waals surface area contributed by atoms with Gasteiger partial charge in [0, 0.05) is 22.3 Å². The Balaban J connectivity index is 2.17. The van der Waals surface area contributed by atoms with Crippen LogP contribution < -0.4 is 15.4 Å². The highest BCUT2D eigenvalue weighted by molar-refractivity contribution is 9.10. The monoisotopic (exact) mass is 390 g/mol. The fourth-order valence-electron chi connectivity index (χ4n) is 2.25. The van der Waals surface area contributed by atoms with E-state index in [9.17, 15) is 9.59 Å². The van der Waals surface area contributed by atoms with Crippen molar-refractivity contribution < 1.29 is 14.3 Å². The average molecular weight is 391 g/mol. The number of amides is 2. The second-order valence-corrected chi connectivity index (χ2v) is 6.15. The number of hydrogen-bond donors (Lipinski definition) is 2. The number of carbonyl (C=O) groups excluding carboxylic acids is 2. The Hall–Kier alpha value is -2.34. The SMILES string of the molecule is CCC(=O)Nc1ccc(NC(=O)c2cc(Br)cc(C)c2OC)cc1. The Labute approximate surface area is 149 Å². The van der Waals surface area contributed by atoms with Gasteiger partial charge >= 0.3 is 0 Å². The van der Waals surface area contributed by atoms with Crippen LogP contribution in [0.1, 0.15) is 29.3 Å². The van der Waals surface area contributed by atoms with E-state index in [2.05, 4.69) is 26.6 Å². The summed E-state index contributed by atoms with van der Waals surface area (Å²) in [6, 6.07) is 10.6. The molecule has 2 aromatic carbocycles. The Morgan fingerprint density at radius 2 is 1.67 bits per heavy atom. The molecule has 0 atom stereocenters. The maximum atomic E-state index is 12.5. The predicted molar refractivity (Wildman–Crippen MR) is 98.7 cm³/mol. The molecule has 0 bridgehead atoms. The second-order valence-electron chi connectivity index (χ2n) is 5.24. The molecule has 0 unspecified atom stereocenters. The molecule has 2 rings (SSSR count). The standard InChI is InChI=1S/C18H19BrN2O3/c1-4-16(22)20-13-5-7-14(8-6-13)21-18(23)15-10-12(19)9-11(2)17(15)24-3/h5-10H,4H2,1-3H3,(H,20,22)(H,21,23). The second kappa shape index (κ2) is 7.97. The summed E-state index contributed by atoms with van der Waals surface area (Å²) in [6.45, 7) is 3.67. The van der Waals surface area contributed by atoms with Gasteiger partial charge in [-0.3, -0.25) is 9.59 Å². The molecule has 24 heavy (non-hydrogen) atoms. The number of rotatable bonds is 5. The Morgan fingerprint density at radius 1 is 1.08 bits per heavy atom. The molecule has 2 aromatic rings. The van der Waals surface area contributed by atoms with Crippen molar-refractivity contribution in [2.75, 3.05) is 17.7 Å². The maximum absolute atomic E-state index is 12.5. The molecule has 0 aromatic heterocycles. The average Bonchev–Trinajstić information content (AvgIpc) is 2.55. The number of anilines is 2. The molecule has 5 nitrogen and oxygen atoms in total. The Morgan fingerprint density at radius 3 is 2.21 bits per heavy atom. The van der Waals surface area contributed by atoms with Crippen LogP contribution in [0.25, 0.3) is 0 Å². The van der Waals surface area contributed by atoms with Crippen LogP contribution in [-0.4, -0.2) is 18.9 Å². The largest absolute Gasteiger partial charge is 0.496 e. The highest BCUT2D eigenvalue weighted by atomic mass is 79.9. The number of benzene rings is 2. The van der Waals surface area contributed by atoms with Gasteiger partial charge in [-0.2, -0.15) is 0 Å². The number of ether oxygens (including phenoxy) is 1. The van der Waals surface area contributed by atoms with Crippen LogP contribution in [0, 0.1) is 6.92 Å². The van der Waals surface area contributed by atoms with Crippen molar-refractivity contribution in [1.82, 2.24) is 0 Å². The third-order valence-electron chi connectivity index (χ3n) is 3.44. The normalized spacial score (nSPS) is 10.2. The van der Waals surface area contributed by atoms with E-state index in [4.69, 9.17) is 4.74 Å². The van der Waals surface area contributed by atoms with Crippen molar-refractivity contribution in [3.05, 3.63) is 52.0 Å². The van der Waals surface area contributed by atoms with Crippen molar-refractivity contribution in [2.45, 2.75) is 20.3 Å². The number of carbonyl (C=O) groups is 2. The van der Waals surface area contributed by atoms with Gasteiger partial charge in [0.25, 0.3) is 5.91 Å². The zero-order valence-corrected chi connectivity index (χ0v) is 15.4. The van der Waals surface area contributed by atoms with Gasteiger partial charge in [-0.25, -0.2) is 0 Å². The first-order chi connectivity index (χ1) is 11.4. The summed E-state index contributed by atoms with van der Waals surface area (Å²) >= 11 is 3.39. The molecule has 2 amide bonds. The van der Waals surface area contributed by atoms with Gasteiger partial charge in [0.2, 0.25) is 5.91 Å². The number of hydrogen-bond acceptors (Lipinski definition) is 3. The van der Waals surface area contributed by atoms with E-state index in [1.165, 1.54) is 7.11 Å². The summed E-state index contributed by atoms with van der Waals surface area (Å²) in [6.07, 6.45) is 0.417. The number of nitrogens with one attached hydrogen (secondary N) is 2. The lowest BCUT2D eigenvalue weighted by Crippen LogP contribution is -2.14. The van der Waals surface area contributed by atoms with E-state index in [1.807, 2.05) is 13.0 Å². The van der Waals surface area contributed by atoms with Crippen LogP contribution >= 0.6 is 15.9 Å². The van der Waals surface area contributed by atoms with Gasteiger partial charge in [0.1, 0.15) is 5.75 Å². The van der Waals surface area contributed by atoms with Gasteiger partial charge in [-0.15, -0.1) is 0 Å². The van der Waals surface area contributed by atoms with E-state index < -0.39 is 0 Å².